The first kappa shape index (κ1) is 16.9. The number of rotatable bonds is 5. The standard InChI is InChI=1S/C19H14BrN3O2/c20-16-11-22-18(14-7-6-13(10-21)8-15(14)16)23-17(19(24)25)9-12-4-2-1-3-5-12/h1-8,11,17H,9H2,(H,22,23)(H,24,25). The number of benzene rings is 2. The van der Waals surface area contributed by atoms with Crippen molar-refractivity contribution in [3.8, 4) is 6.07 Å². The molecular weight excluding hydrogens is 382 g/mol. The van der Waals surface area contributed by atoms with E-state index in [9.17, 15) is 9.90 Å². The number of nitrogens with one attached hydrogen (secondary N) is 1. The highest BCUT2D eigenvalue weighted by Crippen LogP contribution is 2.29. The van der Waals surface area contributed by atoms with Crippen LogP contribution < -0.4 is 5.32 Å². The Kier molecular flexibility index (Phi) is 4.96. The lowest BCUT2D eigenvalue weighted by molar-refractivity contribution is -0.137. The van der Waals surface area contributed by atoms with Crippen LogP contribution in [0.4, 0.5) is 5.82 Å². The number of hydrogen-bond acceptors (Lipinski definition) is 4. The van der Waals surface area contributed by atoms with Crippen molar-refractivity contribution in [2.45, 2.75) is 12.5 Å². The third-order valence-corrected chi connectivity index (χ3v) is 4.49. The fourth-order valence-electron chi connectivity index (χ4n) is 2.61. The van der Waals surface area contributed by atoms with Crippen LogP contribution in [0.1, 0.15) is 11.1 Å². The van der Waals surface area contributed by atoms with Gasteiger partial charge in [0.05, 0.1) is 11.6 Å². The van der Waals surface area contributed by atoms with E-state index in [1.165, 1.54) is 0 Å². The number of fused-ring (bicyclic) bond motifs is 1. The van der Waals surface area contributed by atoms with E-state index >= 15 is 0 Å². The normalized spacial score (nSPS) is 11.7. The molecule has 124 valence electrons. The van der Waals surface area contributed by atoms with Crippen LogP contribution in [0.25, 0.3) is 10.8 Å². The van der Waals surface area contributed by atoms with Crippen LogP contribution in [0.2, 0.25) is 0 Å². The molecule has 3 aromatic rings. The first-order valence-corrected chi connectivity index (χ1v) is 8.39. The smallest absolute Gasteiger partial charge is 0.326 e. The molecule has 0 spiro atoms. The number of carboxylic acid groups (broad SMARTS) is 1. The Hall–Kier alpha value is -2.91. The van der Waals surface area contributed by atoms with E-state index < -0.39 is 12.0 Å². The molecule has 0 amide bonds. The highest BCUT2D eigenvalue weighted by atomic mass is 79.9. The Morgan fingerprint density at radius 3 is 2.68 bits per heavy atom. The van der Waals surface area contributed by atoms with Crippen molar-refractivity contribution >= 4 is 38.5 Å². The van der Waals surface area contributed by atoms with Crippen molar-refractivity contribution in [1.82, 2.24) is 4.98 Å². The molecule has 0 saturated carbocycles. The van der Waals surface area contributed by atoms with Crippen LogP contribution in [0, 0.1) is 11.3 Å². The molecule has 0 radical (unpaired) electrons. The Balaban J connectivity index is 1.96. The summed E-state index contributed by atoms with van der Waals surface area (Å²) in [7, 11) is 0. The van der Waals surface area contributed by atoms with E-state index in [1.54, 1.807) is 24.4 Å². The molecule has 6 heteroatoms. The number of hydrogen-bond donors (Lipinski definition) is 2. The molecule has 0 aliphatic heterocycles. The Labute approximate surface area is 153 Å². The minimum atomic E-state index is -0.949. The van der Waals surface area contributed by atoms with E-state index in [4.69, 9.17) is 5.26 Å². The second-order valence-electron chi connectivity index (χ2n) is 5.55. The number of carbonyl (C=O) groups is 1. The maximum atomic E-state index is 11.7. The molecule has 1 heterocycles. The third kappa shape index (κ3) is 3.78. The van der Waals surface area contributed by atoms with E-state index in [0.717, 1.165) is 20.8 Å². The summed E-state index contributed by atoms with van der Waals surface area (Å²) >= 11 is 3.43. The second kappa shape index (κ2) is 7.32. The van der Waals surface area contributed by atoms with Crippen LogP contribution in [0.5, 0.6) is 0 Å². The van der Waals surface area contributed by atoms with Crippen molar-refractivity contribution in [2.75, 3.05) is 5.32 Å². The molecule has 3 rings (SSSR count). The van der Waals surface area contributed by atoms with Crippen molar-refractivity contribution in [3.05, 3.63) is 70.3 Å². The maximum Gasteiger partial charge on any atom is 0.326 e. The summed E-state index contributed by atoms with van der Waals surface area (Å²) in [6, 6.07) is 15.9. The van der Waals surface area contributed by atoms with Crippen molar-refractivity contribution in [2.24, 2.45) is 0 Å². The molecule has 0 aliphatic carbocycles. The molecule has 1 unspecified atom stereocenters. The molecule has 2 aromatic carbocycles. The number of pyridine rings is 1. The number of aromatic nitrogens is 1. The van der Waals surface area contributed by atoms with Gasteiger partial charge in [0.1, 0.15) is 11.9 Å². The predicted molar refractivity (Wildman–Crippen MR) is 99.4 cm³/mol. The van der Waals surface area contributed by atoms with Gasteiger partial charge in [-0.3, -0.25) is 0 Å². The largest absolute Gasteiger partial charge is 0.480 e. The fourth-order valence-corrected chi connectivity index (χ4v) is 3.04. The number of aliphatic carboxylic acids is 1. The SMILES string of the molecule is N#Cc1ccc2c(NC(Cc3ccccc3)C(=O)O)ncc(Br)c2c1. The van der Waals surface area contributed by atoms with Crippen LogP contribution in [-0.4, -0.2) is 22.1 Å². The molecule has 0 saturated heterocycles. The lowest BCUT2D eigenvalue weighted by Crippen LogP contribution is -2.32. The summed E-state index contributed by atoms with van der Waals surface area (Å²) in [6.07, 6.45) is 1.94. The molecule has 25 heavy (non-hydrogen) atoms. The molecule has 1 aromatic heterocycles. The van der Waals surface area contributed by atoms with Crippen molar-refractivity contribution in [3.63, 3.8) is 0 Å². The first-order chi connectivity index (χ1) is 12.1. The average molecular weight is 396 g/mol. The van der Waals surface area contributed by atoms with Crippen molar-refractivity contribution < 1.29 is 9.90 Å². The van der Waals surface area contributed by atoms with Gasteiger partial charge in [-0.1, -0.05) is 30.3 Å². The highest BCUT2D eigenvalue weighted by molar-refractivity contribution is 9.10. The Morgan fingerprint density at radius 1 is 1.24 bits per heavy atom. The van der Waals surface area contributed by atoms with Gasteiger partial charge in [-0.15, -0.1) is 0 Å². The minimum absolute atomic E-state index is 0.339. The molecular formula is C19H14BrN3O2. The van der Waals surface area contributed by atoms with Crippen molar-refractivity contribution in [1.29, 1.82) is 5.26 Å². The van der Waals surface area contributed by atoms with Gasteiger partial charge >= 0.3 is 5.97 Å². The second-order valence-corrected chi connectivity index (χ2v) is 6.41. The molecule has 5 nitrogen and oxygen atoms in total. The summed E-state index contributed by atoms with van der Waals surface area (Å²) in [4.78, 5) is 16.0. The van der Waals surface area contributed by atoms with Gasteiger partial charge in [-0.05, 0) is 39.7 Å². The summed E-state index contributed by atoms with van der Waals surface area (Å²) < 4.78 is 0.750. The molecule has 0 bridgehead atoms. The Morgan fingerprint density at radius 2 is 2.00 bits per heavy atom. The van der Waals surface area contributed by atoms with Crippen LogP contribution >= 0.6 is 15.9 Å². The predicted octanol–water partition coefficient (Wildman–Crippen LogP) is 3.98. The van der Waals surface area contributed by atoms with E-state index in [-0.39, 0.29) is 0 Å². The lowest BCUT2D eigenvalue weighted by atomic mass is 10.0. The summed E-state index contributed by atoms with van der Waals surface area (Å²) in [5, 5.41) is 23.2. The van der Waals surface area contributed by atoms with Crippen LogP contribution in [0.3, 0.4) is 0 Å². The zero-order valence-corrected chi connectivity index (χ0v) is 14.7. The molecule has 1 atom stereocenters. The zero-order valence-electron chi connectivity index (χ0n) is 13.1. The van der Waals surface area contributed by atoms with E-state index in [0.29, 0.717) is 17.8 Å². The quantitative estimate of drug-likeness (QED) is 0.682. The van der Waals surface area contributed by atoms with Gasteiger partial charge in [0.25, 0.3) is 0 Å². The van der Waals surface area contributed by atoms with Crippen LogP contribution in [-0.2, 0) is 11.2 Å². The number of carboxylic acids is 1. The van der Waals surface area contributed by atoms with Gasteiger partial charge in [0.15, 0.2) is 0 Å². The van der Waals surface area contributed by atoms with Gasteiger partial charge in [-0.2, -0.15) is 5.26 Å². The average Bonchev–Trinajstić information content (AvgIpc) is 2.63. The number of nitrogens with zero attached hydrogens (tertiary/aromatic N) is 2. The number of halogens is 1. The van der Waals surface area contributed by atoms with Gasteiger partial charge < -0.3 is 10.4 Å². The molecule has 2 N–H and O–H groups in total. The zero-order chi connectivity index (χ0) is 17.8. The summed E-state index contributed by atoms with van der Waals surface area (Å²) in [6.45, 7) is 0. The number of anilines is 1. The molecule has 0 fully saturated rings. The summed E-state index contributed by atoms with van der Waals surface area (Å²) in [5.74, 6) is -0.471. The number of nitriles is 1. The Bertz CT molecular complexity index is 968. The first-order valence-electron chi connectivity index (χ1n) is 7.60. The summed E-state index contributed by atoms with van der Waals surface area (Å²) in [5.41, 5.74) is 1.46. The monoisotopic (exact) mass is 395 g/mol. The topological polar surface area (TPSA) is 86.0 Å². The minimum Gasteiger partial charge on any atom is -0.480 e. The van der Waals surface area contributed by atoms with Gasteiger partial charge in [0, 0.05) is 27.9 Å². The molecule has 0 aliphatic rings. The van der Waals surface area contributed by atoms with Gasteiger partial charge in [0.2, 0.25) is 0 Å². The highest BCUT2D eigenvalue weighted by Gasteiger charge is 2.20. The van der Waals surface area contributed by atoms with E-state index in [2.05, 4.69) is 32.3 Å². The fraction of sp³-hybridized carbons (Fsp3) is 0.105. The third-order valence-electron chi connectivity index (χ3n) is 3.86. The van der Waals surface area contributed by atoms with Gasteiger partial charge in [-0.25, -0.2) is 9.78 Å². The van der Waals surface area contributed by atoms with Crippen LogP contribution in [0.15, 0.2) is 59.2 Å². The maximum absolute atomic E-state index is 11.7. The lowest BCUT2D eigenvalue weighted by Gasteiger charge is -2.17. The van der Waals surface area contributed by atoms with E-state index in [1.807, 2.05) is 30.3 Å².